The quantitative estimate of drug-likeness (QED) is 0.429. The first-order valence-corrected chi connectivity index (χ1v) is 8.77. The third kappa shape index (κ3) is 7.77. The Morgan fingerprint density at radius 2 is 1.88 bits per heavy atom. The molecule has 0 aliphatic rings. The molecule has 7 heteroatoms. The van der Waals surface area contributed by atoms with Gasteiger partial charge in [0.2, 0.25) is 5.91 Å². The number of carbonyl (C=O) groups is 2. The van der Waals surface area contributed by atoms with Crippen molar-refractivity contribution in [3.63, 3.8) is 0 Å². The summed E-state index contributed by atoms with van der Waals surface area (Å²) >= 11 is 5.78. The van der Waals surface area contributed by atoms with Crippen molar-refractivity contribution < 1.29 is 24.9 Å². The number of hydrogen-bond acceptors (Lipinski definition) is 3. The number of carboxylic acid groups (broad SMARTS) is 1. The highest BCUT2D eigenvalue weighted by Gasteiger charge is 2.18. The second kappa shape index (κ2) is 11.0. The SMILES string of the molecule is CC[NH+](CC)CCC[NH2+][C@H](CC(=O)Nc1ccc(Cl)cc1)C(=O)[O-]. The monoisotopic (exact) mass is 356 g/mol. The lowest BCUT2D eigenvalue weighted by Crippen LogP contribution is -3.11. The van der Waals surface area contributed by atoms with Crippen LogP contribution in [0.25, 0.3) is 0 Å². The second-order valence-electron chi connectivity index (χ2n) is 5.77. The summed E-state index contributed by atoms with van der Waals surface area (Å²) in [5.74, 6) is -1.56. The van der Waals surface area contributed by atoms with Gasteiger partial charge in [-0.05, 0) is 38.1 Å². The van der Waals surface area contributed by atoms with E-state index in [9.17, 15) is 14.7 Å². The lowest BCUT2D eigenvalue weighted by atomic mass is 10.2. The number of anilines is 1. The molecule has 1 atom stereocenters. The zero-order valence-corrected chi connectivity index (χ0v) is 15.1. The van der Waals surface area contributed by atoms with Gasteiger partial charge >= 0.3 is 0 Å². The molecule has 24 heavy (non-hydrogen) atoms. The summed E-state index contributed by atoms with van der Waals surface area (Å²) in [6.45, 7) is 8.05. The van der Waals surface area contributed by atoms with E-state index in [1.54, 1.807) is 29.6 Å². The predicted octanol–water partition coefficient (Wildman–Crippen LogP) is -1.33. The van der Waals surface area contributed by atoms with Gasteiger partial charge in [0.25, 0.3) is 0 Å². The van der Waals surface area contributed by atoms with Gasteiger partial charge in [0.05, 0.1) is 38.6 Å². The minimum absolute atomic E-state index is 0.122. The molecule has 1 aromatic rings. The molecule has 4 N–H and O–H groups in total. The van der Waals surface area contributed by atoms with Crippen molar-refractivity contribution in [1.29, 1.82) is 0 Å². The molecule has 0 heterocycles. The van der Waals surface area contributed by atoms with Gasteiger partial charge in [-0.3, -0.25) is 4.79 Å². The maximum Gasteiger partial charge on any atom is 0.230 e. The number of aliphatic carboxylic acids is 1. The molecule has 1 aromatic carbocycles. The number of carboxylic acids is 1. The molecule has 1 amide bonds. The van der Waals surface area contributed by atoms with Gasteiger partial charge in [-0.2, -0.15) is 0 Å². The molecule has 6 nitrogen and oxygen atoms in total. The fourth-order valence-electron chi connectivity index (χ4n) is 2.48. The van der Waals surface area contributed by atoms with Crippen LogP contribution < -0.4 is 20.6 Å². The Labute approximate surface area is 148 Å². The molecule has 0 aromatic heterocycles. The van der Waals surface area contributed by atoms with Crippen LogP contribution in [-0.2, 0) is 9.59 Å². The highest BCUT2D eigenvalue weighted by Crippen LogP contribution is 2.13. The van der Waals surface area contributed by atoms with Gasteiger partial charge in [-0.1, -0.05) is 11.6 Å². The Kier molecular flexibility index (Phi) is 9.37. The van der Waals surface area contributed by atoms with E-state index in [1.165, 1.54) is 4.90 Å². The van der Waals surface area contributed by atoms with Crippen molar-refractivity contribution in [3.8, 4) is 0 Å². The number of hydrogen-bond donors (Lipinski definition) is 3. The molecule has 0 spiro atoms. The summed E-state index contributed by atoms with van der Waals surface area (Å²) < 4.78 is 0. The van der Waals surface area contributed by atoms with Crippen LogP contribution in [0.3, 0.4) is 0 Å². The summed E-state index contributed by atoms with van der Waals surface area (Å²) in [5, 5.41) is 16.1. The second-order valence-corrected chi connectivity index (χ2v) is 6.21. The van der Waals surface area contributed by atoms with Crippen molar-refractivity contribution in [3.05, 3.63) is 29.3 Å². The number of benzene rings is 1. The Morgan fingerprint density at radius 3 is 2.42 bits per heavy atom. The molecule has 0 bridgehead atoms. The molecule has 1 rings (SSSR count). The van der Waals surface area contributed by atoms with Crippen LogP contribution in [0.15, 0.2) is 24.3 Å². The Bertz CT molecular complexity index is 518. The topological polar surface area (TPSA) is 90.3 Å². The van der Waals surface area contributed by atoms with Crippen LogP contribution >= 0.6 is 11.6 Å². The van der Waals surface area contributed by atoms with Crippen LogP contribution in [0.4, 0.5) is 5.69 Å². The summed E-state index contributed by atoms with van der Waals surface area (Å²) in [6.07, 6.45) is 0.780. The molecule has 0 saturated heterocycles. The molecule has 0 saturated carbocycles. The van der Waals surface area contributed by atoms with Crippen molar-refractivity contribution in [2.24, 2.45) is 0 Å². The van der Waals surface area contributed by atoms with E-state index in [0.29, 0.717) is 17.3 Å². The smallest absolute Gasteiger partial charge is 0.230 e. The Morgan fingerprint density at radius 1 is 1.25 bits per heavy atom. The maximum atomic E-state index is 12.0. The fraction of sp³-hybridized carbons (Fsp3) is 0.529. The van der Waals surface area contributed by atoms with E-state index >= 15 is 0 Å². The van der Waals surface area contributed by atoms with Crippen LogP contribution in [0.5, 0.6) is 0 Å². The third-order valence-corrected chi connectivity index (χ3v) is 4.27. The van der Waals surface area contributed by atoms with E-state index in [0.717, 1.165) is 26.1 Å². The van der Waals surface area contributed by atoms with Crippen molar-refractivity contribution in [2.75, 3.05) is 31.5 Å². The molecule has 0 aliphatic carbocycles. The van der Waals surface area contributed by atoms with Crippen LogP contribution in [0.1, 0.15) is 26.7 Å². The van der Waals surface area contributed by atoms with Gasteiger partial charge in [0.15, 0.2) is 0 Å². The number of amides is 1. The number of quaternary nitrogens is 2. The van der Waals surface area contributed by atoms with Gasteiger partial charge in [0.1, 0.15) is 6.04 Å². The molecule has 0 fully saturated rings. The van der Waals surface area contributed by atoms with E-state index < -0.39 is 12.0 Å². The summed E-state index contributed by atoms with van der Waals surface area (Å²) in [6, 6.07) is 5.80. The van der Waals surface area contributed by atoms with Crippen molar-refractivity contribution in [1.82, 2.24) is 0 Å². The normalized spacial score (nSPS) is 12.2. The van der Waals surface area contributed by atoms with Gasteiger partial charge < -0.3 is 25.4 Å². The fourth-order valence-corrected chi connectivity index (χ4v) is 2.61. The number of nitrogens with one attached hydrogen (secondary N) is 2. The van der Waals surface area contributed by atoms with Gasteiger partial charge in [-0.25, -0.2) is 0 Å². The third-order valence-electron chi connectivity index (χ3n) is 4.02. The summed E-state index contributed by atoms with van der Waals surface area (Å²) in [4.78, 5) is 24.7. The molecular formula is C17H27ClN3O3+. The molecule has 134 valence electrons. The number of rotatable bonds is 11. The first kappa shape index (κ1) is 20.4. The van der Waals surface area contributed by atoms with Crippen LogP contribution in [0, 0.1) is 0 Å². The first-order chi connectivity index (χ1) is 11.5. The van der Waals surface area contributed by atoms with E-state index in [-0.39, 0.29) is 12.3 Å². The minimum atomic E-state index is -1.21. The average molecular weight is 357 g/mol. The summed E-state index contributed by atoms with van der Waals surface area (Å²) in [5.41, 5.74) is 0.589. The molecule has 0 radical (unpaired) electrons. The Balaban J connectivity index is 2.40. The molecule has 0 aliphatic heterocycles. The maximum absolute atomic E-state index is 12.0. The largest absolute Gasteiger partial charge is 0.544 e. The van der Waals surface area contributed by atoms with Crippen LogP contribution in [-0.4, -0.2) is 44.1 Å². The number of nitrogens with two attached hydrogens (primary N) is 1. The average Bonchev–Trinajstić information content (AvgIpc) is 2.55. The highest BCUT2D eigenvalue weighted by atomic mass is 35.5. The summed E-state index contributed by atoms with van der Waals surface area (Å²) in [7, 11) is 0. The van der Waals surface area contributed by atoms with Crippen molar-refractivity contribution >= 4 is 29.2 Å². The number of halogens is 1. The van der Waals surface area contributed by atoms with E-state index in [1.807, 2.05) is 0 Å². The zero-order chi connectivity index (χ0) is 17.9. The molecular weight excluding hydrogens is 330 g/mol. The van der Waals surface area contributed by atoms with Crippen LogP contribution in [0.2, 0.25) is 5.02 Å². The van der Waals surface area contributed by atoms with Gasteiger partial charge in [-0.15, -0.1) is 0 Å². The molecule has 0 unspecified atom stereocenters. The minimum Gasteiger partial charge on any atom is -0.544 e. The van der Waals surface area contributed by atoms with Gasteiger partial charge in [0, 0.05) is 17.1 Å². The van der Waals surface area contributed by atoms with Crippen molar-refractivity contribution in [2.45, 2.75) is 32.7 Å². The number of carbonyl (C=O) groups excluding carboxylic acids is 2. The lowest BCUT2D eigenvalue weighted by Gasteiger charge is -2.18. The first-order valence-electron chi connectivity index (χ1n) is 8.39. The van der Waals surface area contributed by atoms with E-state index in [2.05, 4.69) is 19.2 Å². The zero-order valence-electron chi connectivity index (χ0n) is 14.3. The lowest BCUT2D eigenvalue weighted by molar-refractivity contribution is -0.898. The standard InChI is InChI=1S/C17H26ClN3O3/c1-3-21(4-2)11-5-10-19-15(17(23)24)12-16(22)20-14-8-6-13(18)7-9-14/h6-9,15,19H,3-5,10-12H2,1-2H3,(H,20,22)(H,23,24)/p+1/t15-/m1/s1. The predicted molar refractivity (Wildman–Crippen MR) is 91.8 cm³/mol. The highest BCUT2D eigenvalue weighted by molar-refractivity contribution is 6.30. The van der Waals surface area contributed by atoms with E-state index in [4.69, 9.17) is 11.6 Å². The Hall–Kier alpha value is -1.63.